The predicted molar refractivity (Wildman–Crippen MR) is 67.7 cm³/mol. The summed E-state index contributed by atoms with van der Waals surface area (Å²) in [4.78, 5) is 23.8. The van der Waals surface area contributed by atoms with Gasteiger partial charge < -0.3 is 15.7 Å². The van der Waals surface area contributed by atoms with Gasteiger partial charge in [0.05, 0.1) is 12.5 Å². The van der Waals surface area contributed by atoms with Crippen LogP contribution in [0.3, 0.4) is 0 Å². The van der Waals surface area contributed by atoms with E-state index >= 15 is 0 Å². The van der Waals surface area contributed by atoms with Crippen molar-refractivity contribution in [2.45, 2.75) is 25.9 Å². The van der Waals surface area contributed by atoms with E-state index in [1.165, 1.54) is 11.0 Å². The van der Waals surface area contributed by atoms with Crippen LogP contribution in [-0.4, -0.2) is 34.5 Å². The maximum Gasteiger partial charge on any atom is 0.305 e. The van der Waals surface area contributed by atoms with Crippen LogP contribution >= 0.6 is 0 Å². The highest BCUT2D eigenvalue weighted by Gasteiger charge is 2.22. The Hall–Kier alpha value is -2.02. The molecule has 1 unspecified atom stereocenters. The Kier molecular flexibility index (Phi) is 5.57. The monoisotopic (exact) mass is 286 g/mol. The average Bonchev–Trinajstić information content (AvgIpc) is 2.38. The third-order valence-corrected chi connectivity index (χ3v) is 2.76. The fourth-order valence-electron chi connectivity index (χ4n) is 1.71. The quantitative estimate of drug-likeness (QED) is 0.820. The van der Waals surface area contributed by atoms with E-state index in [1.54, 1.807) is 6.92 Å². The summed E-state index contributed by atoms with van der Waals surface area (Å²) in [5.41, 5.74) is 5.90. The van der Waals surface area contributed by atoms with Crippen LogP contribution in [0.2, 0.25) is 0 Å². The molecule has 0 saturated heterocycles. The number of carboxylic acids is 1. The highest BCUT2D eigenvalue weighted by molar-refractivity contribution is 5.85. The molecular formula is C13H16F2N2O3. The van der Waals surface area contributed by atoms with E-state index in [0.717, 1.165) is 12.1 Å². The van der Waals surface area contributed by atoms with E-state index in [1.807, 2.05) is 0 Å². The number of nitrogens with two attached hydrogens (primary N) is 1. The largest absolute Gasteiger partial charge is 0.481 e. The first-order valence-corrected chi connectivity index (χ1v) is 6.05. The van der Waals surface area contributed by atoms with Crippen molar-refractivity contribution < 1.29 is 23.5 Å². The molecule has 1 rings (SSSR count). The Morgan fingerprint density at radius 1 is 1.35 bits per heavy atom. The van der Waals surface area contributed by atoms with E-state index in [2.05, 4.69) is 0 Å². The molecule has 0 heterocycles. The molecule has 5 nitrogen and oxygen atoms in total. The molecule has 1 amide bonds. The van der Waals surface area contributed by atoms with Crippen molar-refractivity contribution in [2.24, 2.45) is 5.73 Å². The van der Waals surface area contributed by atoms with E-state index in [0.29, 0.717) is 5.56 Å². The molecular weight excluding hydrogens is 270 g/mol. The molecule has 0 aliphatic heterocycles. The van der Waals surface area contributed by atoms with Crippen molar-refractivity contribution in [3.63, 3.8) is 0 Å². The van der Waals surface area contributed by atoms with Crippen LogP contribution in [0.5, 0.6) is 0 Å². The van der Waals surface area contributed by atoms with Gasteiger partial charge in [-0.2, -0.15) is 0 Å². The Labute approximate surface area is 115 Å². The SMILES string of the molecule is CCN(Cc1ccc(F)c(F)c1)C(=O)C(N)CC(=O)O. The summed E-state index contributed by atoms with van der Waals surface area (Å²) in [5.74, 6) is -3.68. The van der Waals surface area contributed by atoms with Crippen LogP contribution in [0, 0.1) is 11.6 Å². The minimum absolute atomic E-state index is 0.0415. The number of rotatable bonds is 6. The molecule has 0 aromatic heterocycles. The number of likely N-dealkylation sites (N-methyl/N-ethyl adjacent to an activating group) is 1. The van der Waals surface area contributed by atoms with Gasteiger partial charge in [-0.3, -0.25) is 9.59 Å². The molecule has 20 heavy (non-hydrogen) atoms. The van der Waals surface area contributed by atoms with Crippen LogP contribution in [0.25, 0.3) is 0 Å². The van der Waals surface area contributed by atoms with Gasteiger partial charge in [-0.25, -0.2) is 8.78 Å². The van der Waals surface area contributed by atoms with Crippen molar-refractivity contribution in [1.29, 1.82) is 0 Å². The number of aliphatic carboxylic acids is 1. The zero-order valence-electron chi connectivity index (χ0n) is 11.0. The first-order chi connectivity index (χ1) is 9.35. The van der Waals surface area contributed by atoms with Crippen molar-refractivity contribution >= 4 is 11.9 Å². The minimum Gasteiger partial charge on any atom is -0.481 e. The first kappa shape index (κ1) is 16.0. The van der Waals surface area contributed by atoms with Crippen molar-refractivity contribution in [3.8, 4) is 0 Å². The van der Waals surface area contributed by atoms with Gasteiger partial charge in [0, 0.05) is 13.1 Å². The van der Waals surface area contributed by atoms with Gasteiger partial charge in [-0.1, -0.05) is 6.07 Å². The van der Waals surface area contributed by atoms with Gasteiger partial charge in [0.2, 0.25) is 5.91 Å². The lowest BCUT2D eigenvalue weighted by Crippen LogP contribution is -2.44. The Balaban J connectivity index is 2.78. The van der Waals surface area contributed by atoms with Crippen LogP contribution < -0.4 is 5.73 Å². The van der Waals surface area contributed by atoms with Crippen LogP contribution in [-0.2, 0) is 16.1 Å². The topological polar surface area (TPSA) is 83.6 Å². The number of nitrogens with zero attached hydrogens (tertiary/aromatic N) is 1. The Morgan fingerprint density at radius 3 is 2.50 bits per heavy atom. The van der Waals surface area contributed by atoms with Gasteiger partial charge in [0.1, 0.15) is 0 Å². The number of hydrogen-bond acceptors (Lipinski definition) is 3. The van der Waals surface area contributed by atoms with Crippen LogP contribution in [0.4, 0.5) is 8.78 Å². The zero-order valence-corrected chi connectivity index (χ0v) is 11.0. The normalized spacial score (nSPS) is 12.0. The van der Waals surface area contributed by atoms with E-state index in [9.17, 15) is 18.4 Å². The number of carbonyl (C=O) groups is 2. The average molecular weight is 286 g/mol. The molecule has 0 aliphatic carbocycles. The van der Waals surface area contributed by atoms with Gasteiger partial charge in [-0.05, 0) is 24.6 Å². The third-order valence-electron chi connectivity index (χ3n) is 2.76. The number of carboxylic acid groups (broad SMARTS) is 1. The van der Waals surface area contributed by atoms with E-state index < -0.39 is 36.0 Å². The summed E-state index contributed by atoms with van der Waals surface area (Å²) in [6, 6.07) is 2.17. The van der Waals surface area contributed by atoms with Gasteiger partial charge >= 0.3 is 5.97 Å². The molecule has 0 spiro atoms. The van der Waals surface area contributed by atoms with Crippen molar-refractivity contribution in [1.82, 2.24) is 4.90 Å². The van der Waals surface area contributed by atoms with Gasteiger partial charge in [-0.15, -0.1) is 0 Å². The molecule has 3 N–H and O–H groups in total. The second-order valence-electron chi connectivity index (χ2n) is 4.31. The number of carbonyl (C=O) groups excluding carboxylic acids is 1. The van der Waals surface area contributed by atoms with Gasteiger partial charge in [0.25, 0.3) is 0 Å². The lowest BCUT2D eigenvalue weighted by molar-refractivity contribution is -0.142. The molecule has 0 bridgehead atoms. The number of amides is 1. The van der Waals surface area contributed by atoms with Crippen LogP contribution in [0.1, 0.15) is 18.9 Å². The zero-order chi connectivity index (χ0) is 15.3. The van der Waals surface area contributed by atoms with E-state index in [4.69, 9.17) is 10.8 Å². The second kappa shape index (κ2) is 6.95. The van der Waals surface area contributed by atoms with E-state index in [-0.39, 0.29) is 13.1 Å². The van der Waals surface area contributed by atoms with Gasteiger partial charge in [0.15, 0.2) is 11.6 Å². The molecule has 1 aromatic rings. The van der Waals surface area contributed by atoms with Crippen molar-refractivity contribution in [2.75, 3.05) is 6.54 Å². The highest BCUT2D eigenvalue weighted by Crippen LogP contribution is 2.12. The lowest BCUT2D eigenvalue weighted by Gasteiger charge is -2.23. The fourth-order valence-corrected chi connectivity index (χ4v) is 1.71. The highest BCUT2D eigenvalue weighted by atomic mass is 19.2. The summed E-state index contributed by atoms with van der Waals surface area (Å²) in [6.45, 7) is 2.01. The van der Waals surface area contributed by atoms with Crippen LogP contribution in [0.15, 0.2) is 18.2 Å². The second-order valence-corrected chi connectivity index (χ2v) is 4.31. The summed E-state index contributed by atoms with van der Waals surface area (Å²) < 4.78 is 25.9. The molecule has 0 saturated carbocycles. The third kappa shape index (κ3) is 4.27. The first-order valence-electron chi connectivity index (χ1n) is 6.05. The maximum atomic E-state index is 13.1. The minimum atomic E-state index is -1.17. The molecule has 110 valence electrons. The lowest BCUT2D eigenvalue weighted by atomic mass is 10.1. The smallest absolute Gasteiger partial charge is 0.305 e. The summed E-state index contributed by atoms with van der Waals surface area (Å²) >= 11 is 0. The number of hydrogen-bond donors (Lipinski definition) is 2. The molecule has 0 fully saturated rings. The Morgan fingerprint density at radius 2 is 2.00 bits per heavy atom. The molecule has 1 aromatic carbocycles. The summed E-state index contributed by atoms with van der Waals surface area (Å²) in [7, 11) is 0. The standard InChI is InChI=1S/C13H16F2N2O3/c1-2-17(13(20)11(16)6-12(18)19)7-8-3-4-9(14)10(15)5-8/h3-5,11H,2,6-7,16H2,1H3,(H,18,19). The number of halogens is 2. The Bertz CT molecular complexity index is 508. The molecule has 0 aliphatic rings. The fraction of sp³-hybridized carbons (Fsp3) is 0.385. The number of benzene rings is 1. The summed E-state index contributed by atoms with van der Waals surface area (Å²) in [6.07, 6.45) is -0.479. The predicted octanol–water partition coefficient (Wildman–Crippen LogP) is 1.12. The molecule has 0 radical (unpaired) electrons. The summed E-state index contributed by atoms with van der Waals surface area (Å²) in [5, 5.41) is 8.60. The molecule has 1 atom stereocenters. The maximum absolute atomic E-state index is 13.1. The van der Waals surface area contributed by atoms with Crippen molar-refractivity contribution in [3.05, 3.63) is 35.4 Å². The molecule has 7 heteroatoms.